The van der Waals surface area contributed by atoms with Gasteiger partial charge in [0.2, 0.25) is 0 Å². The fraction of sp³-hybridized carbons (Fsp3) is 0.579. The van der Waals surface area contributed by atoms with Crippen molar-refractivity contribution in [1.82, 2.24) is 10.2 Å². The third kappa shape index (κ3) is 3.70. The van der Waals surface area contributed by atoms with Gasteiger partial charge in [0.05, 0.1) is 18.8 Å². The highest BCUT2D eigenvalue weighted by Crippen LogP contribution is 2.28. The van der Waals surface area contributed by atoms with Gasteiger partial charge in [-0.2, -0.15) is 0 Å². The van der Waals surface area contributed by atoms with Gasteiger partial charge in [-0.1, -0.05) is 18.2 Å². The summed E-state index contributed by atoms with van der Waals surface area (Å²) in [6.07, 6.45) is 0.388. The van der Waals surface area contributed by atoms with Gasteiger partial charge in [-0.3, -0.25) is 9.69 Å². The lowest BCUT2D eigenvalue weighted by molar-refractivity contribution is -0.140. The molecule has 0 aliphatic carbocycles. The molecule has 1 aromatic carbocycles. The highest BCUT2D eigenvalue weighted by molar-refractivity contribution is 5.97. The number of nitrogens with one attached hydrogen (secondary N) is 1. The number of hydrogen-bond donors (Lipinski definition) is 1. The minimum atomic E-state index is -1.17. The highest BCUT2D eigenvalue weighted by Gasteiger charge is 2.43. The van der Waals surface area contributed by atoms with E-state index in [1.807, 2.05) is 12.1 Å². The number of esters is 1. The van der Waals surface area contributed by atoms with Crippen molar-refractivity contribution >= 4 is 11.9 Å². The van der Waals surface area contributed by atoms with Crippen molar-refractivity contribution in [2.24, 2.45) is 0 Å². The zero-order valence-electron chi connectivity index (χ0n) is 15.1. The van der Waals surface area contributed by atoms with E-state index in [4.69, 9.17) is 9.47 Å². The lowest BCUT2D eigenvalue weighted by Crippen LogP contribution is -2.59. The molecule has 6 heteroatoms. The number of ether oxygens (including phenoxy) is 2. The number of rotatable bonds is 4. The average Bonchev–Trinajstić information content (AvgIpc) is 2.60. The molecule has 2 heterocycles. The molecule has 2 aliphatic heterocycles. The Kier molecular flexibility index (Phi) is 4.84. The van der Waals surface area contributed by atoms with Crippen molar-refractivity contribution in [3.63, 3.8) is 0 Å². The quantitative estimate of drug-likeness (QED) is 0.835. The smallest absolute Gasteiger partial charge is 0.339 e. The zero-order chi connectivity index (χ0) is 18.1. The van der Waals surface area contributed by atoms with Crippen molar-refractivity contribution < 1.29 is 19.1 Å². The average molecular weight is 346 g/mol. The van der Waals surface area contributed by atoms with Crippen molar-refractivity contribution in [2.45, 2.75) is 38.3 Å². The lowest BCUT2D eigenvalue weighted by atomic mass is 9.89. The number of amides is 1. The van der Waals surface area contributed by atoms with Crippen LogP contribution in [0.15, 0.2) is 24.3 Å². The van der Waals surface area contributed by atoms with Crippen LogP contribution in [0.4, 0.5) is 0 Å². The van der Waals surface area contributed by atoms with E-state index in [1.165, 1.54) is 0 Å². The first-order valence-electron chi connectivity index (χ1n) is 8.74. The Balaban J connectivity index is 1.66. The summed E-state index contributed by atoms with van der Waals surface area (Å²) in [6.45, 7) is 9.49. The van der Waals surface area contributed by atoms with Crippen LogP contribution in [0.3, 0.4) is 0 Å². The second kappa shape index (κ2) is 6.77. The van der Waals surface area contributed by atoms with E-state index in [9.17, 15) is 9.59 Å². The van der Waals surface area contributed by atoms with Crippen LogP contribution in [-0.4, -0.2) is 60.8 Å². The van der Waals surface area contributed by atoms with Crippen LogP contribution in [0.25, 0.3) is 0 Å². The first-order valence-corrected chi connectivity index (χ1v) is 8.74. The standard InChI is InChI=1S/C19H26N2O4/c1-18(2,21-8-10-24-11-9-21)13-20-17(23)19(3)12-14-6-4-5-7-15(14)16(22)25-19/h4-7H,8-13H2,1-3H3,(H,20,23). The Morgan fingerprint density at radius 2 is 1.96 bits per heavy atom. The summed E-state index contributed by atoms with van der Waals surface area (Å²) in [5, 5.41) is 2.98. The number of morpholine rings is 1. The van der Waals surface area contributed by atoms with Crippen molar-refractivity contribution in [2.75, 3.05) is 32.8 Å². The van der Waals surface area contributed by atoms with E-state index >= 15 is 0 Å². The third-order valence-electron chi connectivity index (χ3n) is 5.11. The molecule has 1 fully saturated rings. The third-order valence-corrected chi connectivity index (χ3v) is 5.11. The summed E-state index contributed by atoms with van der Waals surface area (Å²) < 4.78 is 10.9. The van der Waals surface area contributed by atoms with E-state index in [0.29, 0.717) is 31.7 Å². The molecule has 0 saturated carbocycles. The summed E-state index contributed by atoms with van der Waals surface area (Å²) in [5.74, 6) is -0.691. The molecule has 1 aromatic rings. The minimum Gasteiger partial charge on any atom is -0.445 e. The molecule has 0 radical (unpaired) electrons. The molecule has 3 rings (SSSR count). The van der Waals surface area contributed by atoms with E-state index in [2.05, 4.69) is 24.1 Å². The Labute approximate surface area is 148 Å². The number of carbonyl (C=O) groups is 2. The summed E-state index contributed by atoms with van der Waals surface area (Å²) >= 11 is 0. The molecule has 0 aromatic heterocycles. The molecular formula is C19H26N2O4. The van der Waals surface area contributed by atoms with Crippen LogP contribution >= 0.6 is 0 Å². The molecule has 6 nitrogen and oxygen atoms in total. The maximum absolute atomic E-state index is 12.8. The fourth-order valence-electron chi connectivity index (χ4n) is 3.42. The van der Waals surface area contributed by atoms with E-state index in [-0.39, 0.29) is 11.4 Å². The van der Waals surface area contributed by atoms with Crippen LogP contribution < -0.4 is 5.32 Å². The maximum atomic E-state index is 12.8. The molecule has 136 valence electrons. The van der Waals surface area contributed by atoms with Gasteiger partial charge in [0.15, 0.2) is 5.60 Å². The van der Waals surface area contributed by atoms with Crippen LogP contribution in [0.2, 0.25) is 0 Å². The second-order valence-electron chi connectivity index (χ2n) is 7.55. The predicted molar refractivity (Wildman–Crippen MR) is 93.4 cm³/mol. The Hall–Kier alpha value is -1.92. The summed E-state index contributed by atoms with van der Waals surface area (Å²) in [4.78, 5) is 27.3. The Bertz CT molecular complexity index is 667. The van der Waals surface area contributed by atoms with Gasteiger partial charge in [-0.25, -0.2) is 4.79 Å². The molecule has 1 atom stereocenters. The Morgan fingerprint density at radius 1 is 1.28 bits per heavy atom. The molecule has 0 bridgehead atoms. The van der Waals surface area contributed by atoms with Gasteiger partial charge >= 0.3 is 5.97 Å². The molecule has 25 heavy (non-hydrogen) atoms. The molecular weight excluding hydrogens is 320 g/mol. The molecule has 1 unspecified atom stereocenters. The van der Waals surface area contributed by atoms with Crippen molar-refractivity contribution in [3.8, 4) is 0 Å². The monoisotopic (exact) mass is 346 g/mol. The van der Waals surface area contributed by atoms with Crippen molar-refractivity contribution in [3.05, 3.63) is 35.4 Å². The van der Waals surface area contributed by atoms with Gasteiger partial charge in [0, 0.05) is 31.6 Å². The molecule has 1 saturated heterocycles. The number of hydrogen-bond acceptors (Lipinski definition) is 5. The van der Waals surface area contributed by atoms with Gasteiger partial charge in [0.25, 0.3) is 5.91 Å². The van der Waals surface area contributed by atoms with E-state index < -0.39 is 11.6 Å². The normalized spacial score (nSPS) is 24.4. The predicted octanol–water partition coefficient (Wildman–Crippen LogP) is 1.39. The lowest BCUT2D eigenvalue weighted by Gasteiger charge is -2.41. The number of nitrogens with zero attached hydrogens (tertiary/aromatic N) is 1. The van der Waals surface area contributed by atoms with Gasteiger partial charge in [-0.15, -0.1) is 0 Å². The number of benzene rings is 1. The number of cyclic esters (lactones) is 1. The van der Waals surface area contributed by atoms with E-state index in [0.717, 1.165) is 18.7 Å². The topological polar surface area (TPSA) is 67.9 Å². The van der Waals surface area contributed by atoms with Gasteiger partial charge in [-0.05, 0) is 32.4 Å². The first kappa shape index (κ1) is 17.9. The molecule has 2 aliphatic rings. The van der Waals surface area contributed by atoms with Crippen molar-refractivity contribution in [1.29, 1.82) is 0 Å². The van der Waals surface area contributed by atoms with Crippen LogP contribution in [0.5, 0.6) is 0 Å². The Morgan fingerprint density at radius 3 is 2.68 bits per heavy atom. The molecule has 0 spiro atoms. The second-order valence-corrected chi connectivity index (χ2v) is 7.55. The number of fused-ring (bicyclic) bond motifs is 1. The van der Waals surface area contributed by atoms with Crippen LogP contribution in [0, 0.1) is 0 Å². The molecule has 1 N–H and O–H groups in total. The van der Waals surface area contributed by atoms with Crippen LogP contribution in [-0.2, 0) is 20.7 Å². The van der Waals surface area contributed by atoms with Gasteiger partial charge in [0.1, 0.15) is 0 Å². The minimum absolute atomic E-state index is 0.188. The SMILES string of the molecule is CC1(C(=O)NCC(C)(C)N2CCOCC2)Cc2ccccc2C(=O)O1. The largest absolute Gasteiger partial charge is 0.445 e. The fourth-order valence-corrected chi connectivity index (χ4v) is 3.42. The summed E-state index contributed by atoms with van der Waals surface area (Å²) in [5.41, 5.74) is 0.0316. The first-order chi connectivity index (χ1) is 11.8. The van der Waals surface area contributed by atoms with Gasteiger partial charge < -0.3 is 14.8 Å². The summed E-state index contributed by atoms with van der Waals surface area (Å²) in [7, 11) is 0. The summed E-state index contributed by atoms with van der Waals surface area (Å²) in [6, 6.07) is 7.28. The maximum Gasteiger partial charge on any atom is 0.339 e. The number of carbonyl (C=O) groups excluding carboxylic acids is 2. The van der Waals surface area contributed by atoms with E-state index in [1.54, 1.807) is 19.1 Å². The zero-order valence-corrected chi connectivity index (χ0v) is 15.1. The van der Waals surface area contributed by atoms with Crippen LogP contribution in [0.1, 0.15) is 36.7 Å². The molecule has 1 amide bonds. The highest BCUT2D eigenvalue weighted by atomic mass is 16.6.